The summed E-state index contributed by atoms with van der Waals surface area (Å²) in [6, 6.07) is 9.55. The molecule has 0 saturated carbocycles. The summed E-state index contributed by atoms with van der Waals surface area (Å²) in [6.07, 6.45) is 2.42. The summed E-state index contributed by atoms with van der Waals surface area (Å²) in [7, 11) is 0. The van der Waals surface area contributed by atoms with Crippen LogP contribution < -0.4 is 10.2 Å². The first-order chi connectivity index (χ1) is 14.6. The largest absolute Gasteiger partial charge is 0.376 e. The highest BCUT2D eigenvalue weighted by Crippen LogP contribution is 2.18. The van der Waals surface area contributed by atoms with E-state index in [0.717, 1.165) is 37.6 Å². The van der Waals surface area contributed by atoms with E-state index in [4.69, 9.17) is 4.74 Å². The van der Waals surface area contributed by atoms with Crippen LogP contribution in [0.15, 0.2) is 36.4 Å². The quantitative estimate of drug-likeness (QED) is 0.566. The van der Waals surface area contributed by atoms with Crippen molar-refractivity contribution in [3.8, 4) is 0 Å². The van der Waals surface area contributed by atoms with Gasteiger partial charge in [-0.15, -0.1) is 10.2 Å². The third-order valence-electron chi connectivity index (χ3n) is 5.40. The Kier molecular flexibility index (Phi) is 6.03. The predicted molar refractivity (Wildman–Crippen MR) is 111 cm³/mol. The smallest absolute Gasteiger partial charge is 0.269 e. The molecule has 1 aromatic heterocycles. The van der Waals surface area contributed by atoms with Crippen molar-refractivity contribution in [3.63, 3.8) is 0 Å². The summed E-state index contributed by atoms with van der Waals surface area (Å²) in [4.78, 5) is 26.8. The summed E-state index contributed by atoms with van der Waals surface area (Å²) in [5, 5.41) is 22.6. The molecule has 2 fully saturated rings. The van der Waals surface area contributed by atoms with Gasteiger partial charge in [0.2, 0.25) is 0 Å². The molecule has 1 atom stereocenters. The lowest BCUT2D eigenvalue weighted by Crippen LogP contribution is -2.49. The summed E-state index contributed by atoms with van der Waals surface area (Å²) >= 11 is 0. The second-order valence-electron chi connectivity index (χ2n) is 7.38. The summed E-state index contributed by atoms with van der Waals surface area (Å²) in [5.74, 6) is 1.38. The van der Waals surface area contributed by atoms with Gasteiger partial charge in [-0.2, -0.15) is 0 Å². The fraction of sp³-hybridized carbons (Fsp3) is 0.450. The fourth-order valence-corrected chi connectivity index (χ4v) is 3.66. The monoisotopic (exact) mass is 412 g/mol. The van der Waals surface area contributed by atoms with E-state index in [1.807, 2.05) is 12.1 Å². The van der Waals surface area contributed by atoms with E-state index in [9.17, 15) is 14.9 Å². The number of hydrogen-bond donors (Lipinski definition) is 1. The minimum Gasteiger partial charge on any atom is -0.376 e. The molecule has 1 aromatic carbocycles. The van der Waals surface area contributed by atoms with Gasteiger partial charge in [-0.1, -0.05) is 0 Å². The van der Waals surface area contributed by atoms with Gasteiger partial charge in [0, 0.05) is 57.0 Å². The molecule has 30 heavy (non-hydrogen) atoms. The van der Waals surface area contributed by atoms with E-state index in [2.05, 4.69) is 20.4 Å². The number of nitro benzene ring substituents is 1. The summed E-state index contributed by atoms with van der Waals surface area (Å²) in [6.45, 7) is 3.96. The van der Waals surface area contributed by atoms with Gasteiger partial charge in [0.15, 0.2) is 5.82 Å². The molecular weight excluding hydrogens is 388 g/mol. The summed E-state index contributed by atoms with van der Waals surface area (Å²) < 4.78 is 5.59. The number of aromatic nitrogens is 2. The van der Waals surface area contributed by atoms with Crippen LogP contribution in [0.5, 0.6) is 0 Å². The second-order valence-corrected chi connectivity index (χ2v) is 7.38. The maximum absolute atomic E-state index is 12.6. The van der Waals surface area contributed by atoms with Crippen molar-refractivity contribution in [1.29, 1.82) is 0 Å². The van der Waals surface area contributed by atoms with Gasteiger partial charge >= 0.3 is 0 Å². The maximum atomic E-state index is 12.6. The average Bonchev–Trinajstić information content (AvgIpc) is 3.31. The first-order valence-electron chi connectivity index (χ1n) is 10.1. The lowest BCUT2D eigenvalue weighted by molar-refractivity contribution is -0.384. The minimum atomic E-state index is -0.475. The number of hydrogen-bond acceptors (Lipinski definition) is 8. The lowest BCUT2D eigenvalue weighted by Gasteiger charge is -2.35. The number of nitrogens with one attached hydrogen (secondary N) is 1. The standard InChI is InChI=1S/C20H24N6O4/c27-20(15-3-5-16(6-4-15)26(28)29)25-11-9-24(10-12-25)19-8-7-18(22-23-19)21-14-17-2-1-13-30-17/h3-8,17H,1-2,9-14H2,(H,21,22)/t17-/m0/s1. The van der Waals surface area contributed by atoms with Crippen LogP contribution in [0.4, 0.5) is 17.3 Å². The van der Waals surface area contributed by atoms with E-state index in [-0.39, 0.29) is 17.7 Å². The molecule has 4 rings (SSSR count). The Morgan fingerprint density at radius 3 is 2.50 bits per heavy atom. The van der Waals surface area contributed by atoms with Crippen molar-refractivity contribution in [2.45, 2.75) is 18.9 Å². The topological polar surface area (TPSA) is 114 Å². The van der Waals surface area contributed by atoms with Crippen LogP contribution in [0.1, 0.15) is 23.2 Å². The van der Waals surface area contributed by atoms with Crippen molar-refractivity contribution in [2.75, 3.05) is 49.5 Å². The van der Waals surface area contributed by atoms with Crippen LogP contribution in [0.25, 0.3) is 0 Å². The molecular formula is C20H24N6O4. The molecule has 0 radical (unpaired) electrons. The number of nitro groups is 1. The third-order valence-corrected chi connectivity index (χ3v) is 5.40. The van der Waals surface area contributed by atoms with E-state index in [1.165, 1.54) is 24.3 Å². The van der Waals surface area contributed by atoms with Gasteiger partial charge in [-0.05, 0) is 37.1 Å². The number of benzene rings is 1. The van der Waals surface area contributed by atoms with Crippen LogP contribution in [0.2, 0.25) is 0 Å². The molecule has 2 aromatic rings. The second kappa shape index (κ2) is 9.04. The highest BCUT2D eigenvalue weighted by Gasteiger charge is 2.23. The Hall–Kier alpha value is -3.27. The lowest BCUT2D eigenvalue weighted by atomic mass is 10.1. The maximum Gasteiger partial charge on any atom is 0.269 e. The average molecular weight is 412 g/mol. The number of nitrogens with zero attached hydrogens (tertiary/aromatic N) is 5. The number of amides is 1. The molecule has 0 aliphatic carbocycles. The Morgan fingerprint density at radius 1 is 1.13 bits per heavy atom. The zero-order valence-corrected chi connectivity index (χ0v) is 16.6. The molecule has 0 unspecified atom stereocenters. The first kappa shape index (κ1) is 20.0. The normalized spacial score (nSPS) is 19.0. The highest BCUT2D eigenvalue weighted by molar-refractivity contribution is 5.94. The van der Waals surface area contributed by atoms with Gasteiger partial charge in [0.05, 0.1) is 11.0 Å². The van der Waals surface area contributed by atoms with E-state index < -0.39 is 4.92 Å². The molecule has 1 amide bonds. The SMILES string of the molecule is O=C(c1ccc([N+](=O)[O-])cc1)N1CCN(c2ccc(NC[C@@H]3CCCO3)nn2)CC1. The molecule has 3 heterocycles. The zero-order chi connectivity index (χ0) is 20.9. The van der Waals surface area contributed by atoms with Crippen LogP contribution in [-0.2, 0) is 4.74 Å². The van der Waals surface area contributed by atoms with Gasteiger partial charge in [0.25, 0.3) is 11.6 Å². The summed E-state index contributed by atoms with van der Waals surface area (Å²) in [5.41, 5.74) is 0.430. The number of rotatable bonds is 6. The number of carbonyl (C=O) groups excluding carboxylic acids is 1. The highest BCUT2D eigenvalue weighted by atomic mass is 16.6. The van der Waals surface area contributed by atoms with Gasteiger partial charge in [-0.25, -0.2) is 0 Å². The first-order valence-corrected chi connectivity index (χ1v) is 10.1. The number of non-ortho nitro benzene ring substituents is 1. The van der Waals surface area contributed by atoms with Crippen molar-refractivity contribution in [2.24, 2.45) is 0 Å². The predicted octanol–water partition coefficient (Wildman–Crippen LogP) is 1.94. The van der Waals surface area contributed by atoms with Gasteiger partial charge in [0.1, 0.15) is 5.82 Å². The number of carbonyl (C=O) groups is 1. The molecule has 2 aliphatic heterocycles. The Labute approximate surface area is 174 Å². The Bertz CT molecular complexity index is 875. The number of ether oxygens (including phenoxy) is 1. The Morgan fingerprint density at radius 2 is 1.90 bits per heavy atom. The Balaban J connectivity index is 1.28. The van der Waals surface area contributed by atoms with Gasteiger partial charge < -0.3 is 19.9 Å². The van der Waals surface area contributed by atoms with Crippen molar-refractivity contribution >= 4 is 23.2 Å². The zero-order valence-electron chi connectivity index (χ0n) is 16.6. The van der Waals surface area contributed by atoms with E-state index in [0.29, 0.717) is 31.7 Å². The van der Waals surface area contributed by atoms with E-state index >= 15 is 0 Å². The minimum absolute atomic E-state index is 0.0244. The molecule has 158 valence electrons. The molecule has 10 heteroatoms. The van der Waals surface area contributed by atoms with Crippen LogP contribution in [0.3, 0.4) is 0 Å². The molecule has 10 nitrogen and oxygen atoms in total. The van der Waals surface area contributed by atoms with Crippen LogP contribution in [-0.4, -0.2) is 71.4 Å². The molecule has 0 spiro atoms. The van der Waals surface area contributed by atoms with Crippen LogP contribution >= 0.6 is 0 Å². The van der Waals surface area contributed by atoms with E-state index in [1.54, 1.807) is 4.90 Å². The van der Waals surface area contributed by atoms with Gasteiger partial charge in [-0.3, -0.25) is 14.9 Å². The third kappa shape index (κ3) is 4.65. The number of anilines is 2. The van der Waals surface area contributed by atoms with Crippen molar-refractivity contribution in [3.05, 3.63) is 52.1 Å². The fourth-order valence-electron chi connectivity index (χ4n) is 3.66. The molecule has 2 saturated heterocycles. The van der Waals surface area contributed by atoms with Crippen molar-refractivity contribution < 1.29 is 14.5 Å². The molecule has 2 aliphatic rings. The molecule has 0 bridgehead atoms. The van der Waals surface area contributed by atoms with Crippen LogP contribution in [0, 0.1) is 10.1 Å². The number of piperazine rings is 1. The van der Waals surface area contributed by atoms with Crippen molar-refractivity contribution in [1.82, 2.24) is 15.1 Å². The molecule has 1 N–H and O–H groups in total.